The van der Waals surface area contributed by atoms with Crippen LogP contribution in [0.25, 0.3) is 0 Å². The zero-order valence-electron chi connectivity index (χ0n) is 13.4. The Labute approximate surface area is 144 Å². The summed E-state index contributed by atoms with van der Waals surface area (Å²) in [7, 11) is 3.63. The summed E-state index contributed by atoms with van der Waals surface area (Å²) in [5, 5.41) is 3.52. The number of methoxy groups -OCH3 is 3. The minimum absolute atomic E-state index is 0.528. The van der Waals surface area contributed by atoms with E-state index >= 15 is 0 Å². The summed E-state index contributed by atoms with van der Waals surface area (Å²) in [5.41, 5.74) is 0.690. The number of benzene rings is 1. The summed E-state index contributed by atoms with van der Waals surface area (Å²) < 4.78 is 14.3. The normalized spacial score (nSPS) is 25.8. The molecule has 0 aromatic heterocycles. The van der Waals surface area contributed by atoms with Gasteiger partial charge in [-0.3, -0.25) is 19.7 Å². The van der Waals surface area contributed by atoms with Crippen LogP contribution in [0.1, 0.15) is 11.6 Å². The molecular weight excluding hydrogens is 338 g/mol. The van der Waals surface area contributed by atoms with E-state index in [1.165, 1.54) is 21.3 Å². The number of ether oxygens (including phenoxy) is 3. The van der Waals surface area contributed by atoms with E-state index in [9.17, 15) is 14.4 Å². The van der Waals surface area contributed by atoms with Gasteiger partial charge in [-0.15, -0.1) is 0 Å². The lowest BCUT2D eigenvalue weighted by Gasteiger charge is -2.21. The van der Waals surface area contributed by atoms with E-state index < -0.39 is 41.8 Å². The fourth-order valence-corrected chi connectivity index (χ4v) is 3.09. The van der Waals surface area contributed by atoms with Crippen LogP contribution < -0.4 is 5.32 Å². The van der Waals surface area contributed by atoms with Crippen LogP contribution in [0.3, 0.4) is 0 Å². The van der Waals surface area contributed by atoms with Crippen molar-refractivity contribution in [3.63, 3.8) is 0 Å². The average molecular weight is 356 g/mol. The molecule has 1 saturated heterocycles. The second-order valence-corrected chi connectivity index (χ2v) is 5.73. The number of carbonyl (C=O) groups excluding carboxylic acids is 3. The van der Waals surface area contributed by atoms with Crippen LogP contribution in [0.15, 0.2) is 24.3 Å². The highest BCUT2D eigenvalue weighted by atomic mass is 35.5. The first-order chi connectivity index (χ1) is 11.4. The second-order valence-electron chi connectivity index (χ2n) is 5.29. The van der Waals surface area contributed by atoms with Crippen molar-refractivity contribution in [3.05, 3.63) is 34.9 Å². The Bertz CT molecular complexity index is 632. The molecule has 1 aliphatic rings. The Balaban J connectivity index is 2.48. The summed E-state index contributed by atoms with van der Waals surface area (Å²) in [6, 6.07) is 5.10. The van der Waals surface area contributed by atoms with Crippen LogP contribution >= 0.6 is 11.6 Å². The maximum absolute atomic E-state index is 12.3. The molecule has 0 unspecified atom stereocenters. The number of esters is 3. The van der Waals surface area contributed by atoms with Gasteiger partial charge in [0.1, 0.15) is 6.04 Å². The van der Waals surface area contributed by atoms with Crippen molar-refractivity contribution >= 4 is 29.5 Å². The van der Waals surface area contributed by atoms with Crippen molar-refractivity contribution in [1.82, 2.24) is 5.32 Å². The highest BCUT2D eigenvalue weighted by Gasteiger charge is 2.55. The first-order valence-electron chi connectivity index (χ1n) is 7.19. The molecule has 0 bridgehead atoms. The van der Waals surface area contributed by atoms with Crippen molar-refractivity contribution in [2.45, 2.75) is 12.1 Å². The van der Waals surface area contributed by atoms with Gasteiger partial charge in [-0.05, 0) is 17.7 Å². The van der Waals surface area contributed by atoms with Gasteiger partial charge in [-0.2, -0.15) is 0 Å². The molecule has 1 N–H and O–H groups in total. The predicted octanol–water partition coefficient (Wildman–Crippen LogP) is 1.10. The lowest BCUT2D eigenvalue weighted by Crippen LogP contribution is -2.42. The molecule has 0 aliphatic carbocycles. The fraction of sp³-hybridized carbons (Fsp3) is 0.438. The molecule has 8 heteroatoms. The Hall–Kier alpha value is -2.12. The molecule has 1 heterocycles. The Morgan fingerprint density at radius 1 is 0.875 bits per heavy atom. The van der Waals surface area contributed by atoms with Crippen molar-refractivity contribution in [2.75, 3.05) is 21.3 Å². The minimum Gasteiger partial charge on any atom is -0.469 e. The van der Waals surface area contributed by atoms with Gasteiger partial charge in [0.05, 0.1) is 33.2 Å². The van der Waals surface area contributed by atoms with Crippen LogP contribution in [0.4, 0.5) is 0 Å². The SMILES string of the molecule is COC(=O)[C@@H]1[C@H](C(=O)OC)[C@H](c2ccc(Cl)cc2)N[C@@H]1C(=O)OC. The van der Waals surface area contributed by atoms with E-state index in [1.807, 2.05) is 0 Å². The van der Waals surface area contributed by atoms with Crippen molar-refractivity contribution < 1.29 is 28.6 Å². The van der Waals surface area contributed by atoms with Gasteiger partial charge in [0, 0.05) is 11.1 Å². The van der Waals surface area contributed by atoms with Gasteiger partial charge < -0.3 is 14.2 Å². The summed E-state index contributed by atoms with van der Waals surface area (Å²) in [4.78, 5) is 36.6. The van der Waals surface area contributed by atoms with Crippen molar-refractivity contribution in [2.24, 2.45) is 11.8 Å². The highest BCUT2D eigenvalue weighted by molar-refractivity contribution is 6.30. The number of nitrogens with one attached hydrogen (secondary N) is 1. The number of rotatable bonds is 4. The molecule has 1 aromatic rings. The van der Waals surface area contributed by atoms with E-state index in [0.29, 0.717) is 10.6 Å². The third kappa shape index (κ3) is 3.37. The van der Waals surface area contributed by atoms with E-state index in [1.54, 1.807) is 24.3 Å². The van der Waals surface area contributed by atoms with Gasteiger partial charge >= 0.3 is 17.9 Å². The Morgan fingerprint density at radius 3 is 1.88 bits per heavy atom. The molecule has 1 fully saturated rings. The van der Waals surface area contributed by atoms with E-state index in [4.69, 9.17) is 25.8 Å². The van der Waals surface area contributed by atoms with Crippen LogP contribution in [-0.2, 0) is 28.6 Å². The molecule has 2 rings (SSSR count). The zero-order chi connectivity index (χ0) is 17.9. The summed E-state index contributed by atoms with van der Waals surface area (Å²) >= 11 is 5.89. The standard InChI is InChI=1S/C16H18ClNO6/c1-22-14(19)10-11(15(20)23-2)13(16(21)24-3)18-12(10)8-4-6-9(17)7-5-8/h4-7,10-13,18H,1-3H3/t10-,11+,12-,13-/m0/s1. The van der Waals surface area contributed by atoms with Crippen LogP contribution in [0, 0.1) is 11.8 Å². The topological polar surface area (TPSA) is 90.9 Å². The zero-order valence-corrected chi connectivity index (χ0v) is 14.2. The fourth-order valence-electron chi connectivity index (χ4n) is 2.97. The molecule has 24 heavy (non-hydrogen) atoms. The second kappa shape index (κ2) is 7.63. The van der Waals surface area contributed by atoms with E-state index in [-0.39, 0.29) is 0 Å². The molecular formula is C16H18ClNO6. The molecule has 0 radical (unpaired) electrons. The van der Waals surface area contributed by atoms with Gasteiger partial charge in [0.25, 0.3) is 0 Å². The van der Waals surface area contributed by atoms with Gasteiger partial charge in [0.15, 0.2) is 0 Å². The molecule has 1 aliphatic heterocycles. The summed E-state index contributed by atoms with van der Waals surface area (Å²) in [6.07, 6.45) is 0. The summed E-state index contributed by atoms with van der Waals surface area (Å²) in [6.45, 7) is 0. The van der Waals surface area contributed by atoms with Crippen LogP contribution in [0.2, 0.25) is 5.02 Å². The molecule has 1 aromatic carbocycles. The number of halogens is 1. The number of hydrogen-bond donors (Lipinski definition) is 1. The van der Waals surface area contributed by atoms with E-state index in [2.05, 4.69) is 5.32 Å². The van der Waals surface area contributed by atoms with E-state index in [0.717, 1.165) is 0 Å². The third-order valence-electron chi connectivity index (χ3n) is 4.10. The molecule has 130 valence electrons. The smallest absolute Gasteiger partial charge is 0.323 e. The molecule has 0 saturated carbocycles. The maximum Gasteiger partial charge on any atom is 0.323 e. The molecule has 0 spiro atoms. The van der Waals surface area contributed by atoms with Gasteiger partial charge in [-0.25, -0.2) is 0 Å². The van der Waals surface area contributed by atoms with Crippen LogP contribution in [0.5, 0.6) is 0 Å². The van der Waals surface area contributed by atoms with Crippen LogP contribution in [-0.4, -0.2) is 45.3 Å². The van der Waals surface area contributed by atoms with Gasteiger partial charge in [0.2, 0.25) is 0 Å². The first kappa shape index (κ1) is 18.2. The minimum atomic E-state index is -1.06. The largest absolute Gasteiger partial charge is 0.469 e. The van der Waals surface area contributed by atoms with Crippen molar-refractivity contribution in [3.8, 4) is 0 Å². The third-order valence-corrected chi connectivity index (χ3v) is 4.35. The quantitative estimate of drug-likeness (QED) is 0.639. The Kier molecular flexibility index (Phi) is 5.80. The molecule has 0 amide bonds. The monoisotopic (exact) mass is 355 g/mol. The highest BCUT2D eigenvalue weighted by Crippen LogP contribution is 2.39. The lowest BCUT2D eigenvalue weighted by molar-refractivity contribution is -0.159. The first-order valence-corrected chi connectivity index (χ1v) is 7.57. The maximum atomic E-state index is 12.3. The van der Waals surface area contributed by atoms with Crippen molar-refractivity contribution in [1.29, 1.82) is 0 Å². The van der Waals surface area contributed by atoms with Gasteiger partial charge in [-0.1, -0.05) is 23.7 Å². The molecule has 4 atom stereocenters. The lowest BCUT2D eigenvalue weighted by atomic mass is 9.84. The average Bonchev–Trinajstić information content (AvgIpc) is 3.00. The number of hydrogen-bond acceptors (Lipinski definition) is 7. The number of carbonyl (C=O) groups is 3. The Morgan fingerprint density at radius 2 is 1.38 bits per heavy atom. The molecule has 7 nitrogen and oxygen atoms in total. The summed E-state index contributed by atoms with van der Waals surface area (Å²) in [5.74, 6) is -3.96. The predicted molar refractivity (Wildman–Crippen MR) is 84.1 cm³/mol.